The molecule has 1 saturated heterocycles. The number of fused-ring (bicyclic) bond motifs is 1. The number of nitrogens with zero attached hydrogens (tertiary/aromatic N) is 4. The molecule has 2 aliphatic rings. The van der Waals surface area contributed by atoms with E-state index in [-0.39, 0.29) is 0 Å². The van der Waals surface area contributed by atoms with E-state index < -0.39 is 0 Å². The second kappa shape index (κ2) is 5.99. The number of ether oxygens (including phenoxy) is 1. The van der Waals surface area contributed by atoms with Gasteiger partial charge in [0.2, 0.25) is 0 Å². The highest BCUT2D eigenvalue weighted by molar-refractivity contribution is 6.33. The molecule has 22 heavy (non-hydrogen) atoms. The molecule has 0 amide bonds. The van der Waals surface area contributed by atoms with Gasteiger partial charge in [-0.1, -0.05) is 23.7 Å². The summed E-state index contributed by atoms with van der Waals surface area (Å²) in [6, 6.07) is 8.29. The molecule has 2 atom stereocenters. The Bertz CT molecular complexity index is 659. The Balaban J connectivity index is 1.59. The molecule has 0 radical (unpaired) electrons. The Kier molecular flexibility index (Phi) is 3.86. The molecule has 1 aliphatic carbocycles. The molecule has 1 aromatic heterocycles. The van der Waals surface area contributed by atoms with Crippen LogP contribution in [0, 0.1) is 0 Å². The second-order valence-electron chi connectivity index (χ2n) is 5.92. The molecule has 2 fully saturated rings. The van der Waals surface area contributed by atoms with Gasteiger partial charge in [0.05, 0.1) is 24.4 Å². The summed E-state index contributed by atoms with van der Waals surface area (Å²) in [5.74, 6) is 0.826. The fraction of sp³-hybridized carbons (Fsp3) is 0.500. The highest BCUT2D eigenvalue weighted by Crippen LogP contribution is 2.31. The average molecular weight is 319 g/mol. The van der Waals surface area contributed by atoms with E-state index in [9.17, 15) is 0 Å². The second-order valence-corrected chi connectivity index (χ2v) is 6.33. The molecule has 2 heterocycles. The van der Waals surface area contributed by atoms with Crippen molar-refractivity contribution in [2.24, 2.45) is 0 Å². The lowest BCUT2D eigenvalue weighted by Gasteiger charge is -2.37. The van der Waals surface area contributed by atoms with E-state index in [1.807, 2.05) is 28.9 Å². The highest BCUT2D eigenvalue weighted by atomic mass is 35.5. The quantitative estimate of drug-likeness (QED) is 0.873. The maximum atomic E-state index is 6.30. The minimum absolute atomic E-state index is 0.390. The van der Waals surface area contributed by atoms with Crippen LogP contribution in [0.1, 0.15) is 19.3 Å². The molecule has 0 bridgehead atoms. The molecule has 1 aromatic carbocycles. The third-order valence-electron chi connectivity index (χ3n) is 4.64. The number of hydrogen-bond acceptors (Lipinski definition) is 4. The van der Waals surface area contributed by atoms with Gasteiger partial charge in [-0.05, 0) is 31.4 Å². The van der Waals surface area contributed by atoms with Crippen LogP contribution in [0.3, 0.4) is 0 Å². The molecule has 0 unspecified atom stereocenters. The fourth-order valence-electron chi connectivity index (χ4n) is 3.57. The van der Waals surface area contributed by atoms with Crippen molar-refractivity contribution in [2.75, 3.05) is 13.2 Å². The van der Waals surface area contributed by atoms with Gasteiger partial charge in [-0.25, -0.2) is 9.67 Å². The van der Waals surface area contributed by atoms with Gasteiger partial charge in [-0.15, -0.1) is 0 Å². The molecule has 5 nitrogen and oxygen atoms in total. The number of halogens is 1. The Hall–Kier alpha value is -1.43. The number of rotatable bonds is 3. The Labute approximate surface area is 134 Å². The first kappa shape index (κ1) is 14.2. The van der Waals surface area contributed by atoms with Crippen molar-refractivity contribution in [1.82, 2.24) is 19.7 Å². The lowest BCUT2D eigenvalue weighted by molar-refractivity contribution is -0.0679. The zero-order valence-corrected chi connectivity index (χ0v) is 13.1. The summed E-state index contributed by atoms with van der Waals surface area (Å²) in [4.78, 5) is 6.88. The number of aromatic nitrogens is 3. The summed E-state index contributed by atoms with van der Waals surface area (Å²) in [6.45, 7) is 2.49. The van der Waals surface area contributed by atoms with Gasteiger partial charge in [0.15, 0.2) is 5.82 Å². The SMILES string of the molecule is Clc1ccccc1-c1ncnn1CN1CCO[C@H]2CCC[C@@H]21. The van der Waals surface area contributed by atoms with Crippen molar-refractivity contribution < 1.29 is 4.74 Å². The molecule has 4 rings (SSSR count). The van der Waals surface area contributed by atoms with E-state index >= 15 is 0 Å². The molecular weight excluding hydrogens is 300 g/mol. The lowest BCUT2D eigenvalue weighted by atomic mass is 10.1. The third-order valence-corrected chi connectivity index (χ3v) is 4.97. The zero-order chi connectivity index (χ0) is 14.9. The summed E-state index contributed by atoms with van der Waals surface area (Å²) < 4.78 is 7.82. The van der Waals surface area contributed by atoms with E-state index in [0.717, 1.165) is 31.2 Å². The molecule has 0 N–H and O–H groups in total. The van der Waals surface area contributed by atoms with Crippen LogP contribution in [0.4, 0.5) is 0 Å². The first-order valence-corrected chi connectivity index (χ1v) is 8.19. The molecule has 116 valence electrons. The van der Waals surface area contributed by atoms with Crippen molar-refractivity contribution in [1.29, 1.82) is 0 Å². The maximum Gasteiger partial charge on any atom is 0.160 e. The van der Waals surface area contributed by atoms with Crippen LogP contribution in [0.25, 0.3) is 11.4 Å². The van der Waals surface area contributed by atoms with Crippen LogP contribution in [0.5, 0.6) is 0 Å². The number of morpholine rings is 1. The van der Waals surface area contributed by atoms with E-state index in [2.05, 4.69) is 15.0 Å². The summed E-state index contributed by atoms with van der Waals surface area (Å²) >= 11 is 6.30. The normalized spacial score (nSPS) is 25.3. The van der Waals surface area contributed by atoms with Gasteiger partial charge in [0, 0.05) is 18.2 Å². The lowest BCUT2D eigenvalue weighted by Crippen LogP contribution is -2.49. The topological polar surface area (TPSA) is 43.2 Å². The Morgan fingerprint density at radius 1 is 1.27 bits per heavy atom. The highest BCUT2D eigenvalue weighted by Gasteiger charge is 2.36. The first-order chi connectivity index (χ1) is 10.8. The Morgan fingerprint density at radius 2 is 2.18 bits per heavy atom. The van der Waals surface area contributed by atoms with Gasteiger partial charge >= 0.3 is 0 Å². The van der Waals surface area contributed by atoms with Crippen LogP contribution < -0.4 is 0 Å². The minimum atomic E-state index is 0.390. The molecular formula is C16H19ClN4O. The molecule has 1 aliphatic heterocycles. The van der Waals surface area contributed by atoms with Crippen LogP contribution >= 0.6 is 11.6 Å². The first-order valence-electron chi connectivity index (χ1n) is 7.81. The van der Waals surface area contributed by atoms with Gasteiger partial charge in [0.25, 0.3) is 0 Å². The van der Waals surface area contributed by atoms with Crippen LogP contribution in [-0.4, -0.2) is 45.0 Å². The molecule has 0 spiro atoms. The summed E-state index contributed by atoms with van der Waals surface area (Å²) in [5, 5.41) is 5.11. The maximum absolute atomic E-state index is 6.30. The number of benzene rings is 1. The van der Waals surface area contributed by atoms with Crippen LogP contribution in [-0.2, 0) is 11.4 Å². The third kappa shape index (κ3) is 2.53. The predicted molar refractivity (Wildman–Crippen MR) is 84.6 cm³/mol. The van der Waals surface area contributed by atoms with E-state index in [1.165, 1.54) is 19.3 Å². The van der Waals surface area contributed by atoms with Crippen molar-refractivity contribution in [3.63, 3.8) is 0 Å². The smallest absolute Gasteiger partial charge is 0.160 e. The van der Waals surface area contributed by atoms with Crippen molar-refractivity contribution in [2.45, 2.75) is 38.1 Å². The van der Waals surface area contributed by atoms with E-state index in [4.69, 9.17) is 16.3 Å². The molecule has 6 heteroatoms. The standard InChI is InChI=1S/C16H19ClN4O/c17-13-5-2-1-4-12(13)16-18-10-19-21(16)11-20-8-9-22-15-7-3-6-14(15)20/h1-2,4-5,10,14-15H,3,6-9,11H2/t14-,15-/m0/s1. The predicted octanol–water partition coefficient (Wildman–Crippen LogP) is 2.81. The van der Waals surface area contributed by atoms with Crippen LogP contribution in [0.15, 0.2) is 30.6 Å². The fourth-order valence-corrected chi connectivity index (χ4v) is 3.79. The van der Waals surface area contributed by atoms with Gasteiger partial charge < -0.3 is 4.74 Å². The van der Waals surface area contributed by atoms with Gasteiger partial charge in [0.1, 0.15) is 6.33 Å². The van der Waals surface area contributed by atoms with Crippen molar-refractivity contribution >= 4 is 11.6 Å². The van der Waals surface area contributed by atoms with Crippen molar-refractivity contribution in [3.8, 4) is 11.4 Å². The summed E-state index contributed by atoms with van der Waals surface area (Å²) in [6.07, 6.45) is 5.63. The van der Waals surface area contributed by atoms with Gasteiger partial charge in [-0.2, -0.15) is 5.10 Å². The van der Waals surface area contributed by atoms with Gasteiger partial charge in [-0.3, -0.25) is 4.90 Å². The largest absolute Gasteiger partial charge is 0.375 e. The van der Waals surface area contributed by atoms with E-state index in [1.54, 1.807) is 6.33 Å². The number of hydrogen-bond donors (Lipinski definition) is 0. The Morgan fingerprint density at radius 3 is 3.09 bits per heavy atom. The van der Waals surface area contributed by atoms with Crippen molar-refractivity contribution in [3.05, 3.63) is 35.6 Å². The summed E-state index contributed by atoms with van der Waals surface area (Å²) in [7, 11) is 0. The monoisotopic (exact) mass is 318 g/mol. The average Bonchev–Trinajstić information content (AvgIpc) is 3.17. The summed E-state index contributed by atoms with van der Waals surface area (Å²) in [5.41, 5.74) is 0.929. The van der Waals surface area contributed by atoms with E-state index in [0.29, 0.717) is 17.2 Å². The van der Waals surface area contributed by atoms with Crippen LogP contribution in [0.2, 0.25) is 5.02 Å². The minimum Gasteiger partial charge on any atom is -0.375 e. The molecule has 1 saturated carbocycles. The zero-order valence-electron chi connectivity index (χ0n) is 12.4. The molecule has 2 aromatic rings.